The van der Waals surface area contributed by atoms with Gasteiger partial charge >= 0.3 is 0 Å². The van der Waals surface area contributed by atoms with E-state index in [4.69, 9.17) is 4.74 Å². The zero-order chi connectivity index (χ0) is 23.0. The van der Waals surface area contributed by atoms with Gasteiger partial charge in [0.25, 0.3) is 10.0 Å². The highest BCUT2D eigenvalue weighted by atomic mass is 32.2. The molecular formula is C22H21FN4O4S. The van der Waals surface area contributed by atoms with Gasteiger partial charge in [0.1, 0.15) is 11.6 Å². The van der Waals surface area contributed by atoms with Crippen LogP contribution in [0, 0.1) is 12.7 Å². The lowest BCUT2D eigenvalue weighted by atomic mass is 10.1. The first-order valence-corrected chi connectivity index (χ1v) is 11.3. The standard InChI is InChI=1S/C22H21FN4O4S/c1-4-20(28)25-22-24-13(2)21(26-22)18-12-27(19-9-8-15(31-3)11-17(18)19)32(29,30)16-7-5-6-14(23)10-16/h5-12H,4H2,1-3H3,(H2,24,25,26,28). The molecule has 8 nitrogen and oxygen atoms in total. The van der Waals surface area contributed by atoms with E-state index in [0.29, 0.717) is 33.6 Å². The molecule has 1 amide bonds. The molecule has 4 aromatic rings. The van der Waals surface area contributed by atoms with E-state index in [1.54, 1.807) is 32.0 Å². The van der Waals surface area contributed by atoms with Gasteiger partial charge in [-0.25, -0.2) is 21.8 Å². The molecular weight excluding hydrogens is 435 g/mol. The van der Waals surface area contributed by atoms with Crippen LogP contribution in [0.15, 0.2) is 53.6 Å². The molecule has 0 bridgehead atoms. The summed E-state index contributed by atoms with van der Waals surface area (Å²) in [6.45, 7) is 3.50. The molecule has 0 unspecified atom stereocenters. The van der Waals surface area contributed by atoms with Crippen LogP contribution in [0.4, 0.5) is 10.3 Å². The maximum atomic E-state index is 13.7. The van der Waals surface area contributed by atoms with Crippen LogP contribution in [0.25, 0.3) is 22.2 Å². The lowest BCUT2D eigenvalue weighted by Gasteiger charge is -2.08. The third-order valence-electron chi connectivity index (χ3n) is 5.05. The van der Waals surface area contributed by atoms with Crippen LogP contribution < -0.4 is 10.1 Å². The number of aromatic amines is 1. The van der Waals surface area contributed by atoms with Crippen LogP contribution in [0.5, 0.6) is 5.75 Å². The predicted molar refractivity (Wildman–Crippen MR) is 119 cm³/mol. The van der Waals surface area contributed by atoms with Gasteiger partial charge in [0.15, 0.2) is 0 Å². The smallest absolute Gasteiger partial charge is 0.268 e. The average molecular weight is 456 g/mol. The first-order valence-electron chi connectivity index (χ1n) is 9.81. The molecule has 2 aromatic carbocycles. The van der Waals surface area contributed by atoms with Gasteiger partial charge in [0, 0.05) is 29.3 Å². The predicted octanol–water partition coefficient (Wildman–Crippen LogP) is 4.07. The van der Waals surface area contributed by atoms with Gasteiger partial charge in [-0.3, -0.25) is 10.1 Å². The number of H-pyrrole nitrogens is 1. The van der Waals surface area contributed by atoms with Crippen LogP contribution in [0.2, 0.25) is 0 Å². The Morgan fingerprint density at radius 1 is 1.25 bits per heavy atom. The summed E-state index contributed by atoms with van der Waals surface area (Å²) >= 11 is 0. The second-order valence-corrected chi connectivity index (χ2v) is 8.96. The van der Waals surface area contributed by atoms with Gasteiger partial charge in [-0.05, 0) is 43.3 Å². The molecule has 10 heteroatoms. The molecule has 0 saturated carbocycles. The third kappa shape index (κ3) is 3.73. The van der Waals surface area contributed by atoms with Crippen molar-refractivity contribution in [3.63, 3.8) is 0 Å². The third-order valence-corrected chi connectivity index (χ3v) is 6.72. The maximum absolute atomic E-state index is 13.7. The molecule has 166 valence electrons. The number of rotatable bonds is 6. The number of ether oxygens (including phenoxy) is 1. The largest absolute Gasteiger partial charge is 0.497 e. The molecule has 0 spiro atoms. The van der Waals surface area contributed by atoms with Crippen molar-refractivity contribution in [2.45, 2.75) is 25.2 Å². The number of imidazole rings is 1. The van der Waals surface area contributed by atoms with Crippen molar-refractivity contribution >= 4 is 32.8 Å². The fourth-order valence-corrected chi connectivity index (χ4v) is 4.84. The van der Waals surface area contributed by atoms with Gasteiger partial charge in [-0.2, -0.15) is 0 Å². The lowest BCUT2D eigenvalue weighted by Crippen LogP contribution is -2.12. The summed E-state index contributed by atoms with van der Waals surface area (Å²) in [6, 6.07) is 9.82. The van der Waals surface area contributed by atoms with E-state index in [1.807, 2.05) is 0 Å². The molecule has 0 fully saturated rings. The summed E-state index contributed by atoms with van der Waals surface area (Å²) in [5.74, 6) is -0.0551. The average Bonchev–Trinajstić information content (AvgIpc) is 3.33. The van der Waals surface area contributed by atoms with Crippen LogP contribution in [-0.2, 0) is 14.8 Å². The molecule has 0 radical (unpaired) electrons. The minimum atomic E-state index is -4.10. The highest BCUT2D eigenvalue weighted by Gasteiger charge is 2.24. The van der Waals surface area contributed by atoms with E-state index in [2.05, 4.69) is 15.3 Å². The summed E-state index contributed by atoms with van der Waals surface area (Å²) < 4.78 is 46.9. The Morgan fingerprint density at radius 2 is 2.03 bits per heavy atom. The highest BCUT2D eigenvalue weighted by molar-refractivity contribution is 7.90. The Kier molecular flexibility index (Phi) is 5.47. The second-order valence-electron chi connectivity index (χ2n) is 7.14. The number of carbonyl (C=O) groups excluding carboxylic acids is 1. The van der Waals surface area contributed by atoms with Crippen molar-refractivity contribution in [2.24, 2.45) is 0 Å². The maximum Gasteiger partial charge on any atom is 0.268 e. The molecule has 4 rings (SSSR count). The van der Waals surface area contributed by atoms with Gasteiger partial charge in [-0.1, -0.05) is 13.0 Å². The summed E-state index contributed by atoms with van der Waals surface area (Å²) in [7, 11) is -2.58. The minimum absolute atomic E-state index is 0.175. The van der Waals surface area contributed by atoms with Crippen molar-refractivity contribution in [1.29, 1.82) is 0 Å². The van der Waals surface area contributed by atoms with Crippen molar-refractivity contribution in [1.82, 2.24) is 13.9 Å². The zero-order valence-corrected chi connectivity index (χ0v) is 18.5. The molecule has 0 aliphatic rings. The number of nitrogens with zero attached hydrogens (tertiary/aromatic N) is 2. The fourth-order valence-electron chi connectivity index (χ4n) is 3.44. The molecule has 0 atom stereocenters. The normalized spacial score (nSPS) is 11.6. The number of aromatic nitrogens is 3. The summed E-state index contributed by atoms with van der Waals surface area (Å²) in [4.78, 5) is 19.0. The van der Waals surface area contributed by atoms with Crippen molar-refractivity contribution in [2.75, 3.05) is 12.4 Å². The monoisotopic (exact) mass is 456 g/mol. The van der Waals surface area contributed by atoms with E-state index in [0.717, 1.165) is 10.0 Å². The first-order chi connectivity index (χ1) is 15.2. The van der Waals surface area contributed by atoms with Crippen LogP contribution in [0.1, 0.15) is 19.0 Å². The number of methoxy groups -OCH3 is 1. The number of amides is 1. The number of fused-ring (bicyclic) bond motifs is 1. The van der Waals surface area contributed by atoms with E-state index >= 15 is 0 Å². The number of halogens is 1. The van der Waals surface area contributed by atoms with E-state index in [-0.39, 0.29) is 23.2 Å². The topological polar surface area (TPSA) is 106 Å². The van der Waals surface area contributed by atoms with Crippen molar-refractivity contribution < 1.29 is 22.3 Å². The van der Waals surface area contributed by atoms with Crippen molar-refractivity contribution in [3.05, 3.63) is 60.2 Å². The molecule has 0 aliphatic carbocycles. The SMILES string of the molecule is CCC(=O)Nc1nc(-c2cn(S(=O)(=O)c3cccc(F)c3)c3ccc(OC)cc23)c(C)[nH]1. The first kappa shape index (κ1) is 21.6. The van der Waals surface area contributed by atoms with E-state index in [9.17, 15) is 17.6 Å². The number of hydrogen-bond acceptors (Lipinski definition) is 5. The fraction of sp³-hybridized carbons (Fsp3) is 0.182. The van der Waals surface area contributed by atoms with Gasteiger partial charge in [-0.15, -0.1) is 0 Å². The van der Waals surface area contributed by atoms with Crippen LogP contribution >= 0.6 is 0 Å². The van der Waals surface area contributed by atoms with E-state index < -0.39 is 15.8 Å². The number of aryl methyl sites for hydroxylation is 1. The zero-order valence-electron chi connectivity index (χ0n) is 17.6. The number of benzene rings is 2. The molecule has 0 aliphatic heterocycles. The summed E-state index contributed by atoms with van der Waals surface area (Å²) in [6.07, 6.45) is 1.73. The number of nitrogens with one attached hydrogen (secondary N) is 2. The Balaban J connectivity index is 1.94. The Labute approximate surface area is 184 Å². The Bertz CT molecular complexity index is 1440. The number of hydrogen-bond donors (Lipinski definition) is 2. The van der Waals surface area contributed by atoms with Crippen molar-refractivity contribution in [3.8, 4) is 17.0 Å². The molecule has 32 heavy (non-hydrogen) atoms. The van der Waals surface area contributed by atoms with Crippen LogP contribution in [0.3, 0.4) is 0 Å². The van der Waals surface area contributed by atoms with E-state index in [1.165, 1.54) is 31.5 Å². The summed E-state index contributed by atoms with van der Waals surface area (Å²) in [5.41, 5.74) is 2.01. The number of anilines is 1. The molecule has 0 saturated heterocycles. The second kappa shape index (κ2) is 8.12. The molecule has 2 heterocycles. The Morgan fingerprint density at radius 3 is 2.72 bits per heavy atom. The molecule has 2 N–H and O–H groups in total. The summed E-state index contributed by atoms with van der Waals surface area (Å²) in [5, 5.41) is 3.24. The van der Waals surface area contributed by atoms with Gasteiger partial charge in [0.05, 0.1) is 23.2 Å². The highest BCUT2D eigenvalue weighted by Crippen LogP contribution is 2.36. The molecule has 2 aromatic heterocycles. The Hall–Kier alpha value is -3.66. The number of carbonyl (C=O) groups is 1. The van der Waals surface area contributed by atoms with Gasteiger partial charge in [0.2, 0.25) is 11.9 Å². The van der Waals surface area contributed by atoms with Gasteiger partial charge < -0.3 is 9.72 Å². The quantitative estimate of drug-likeness (QED) is 0.455. The minimum Gasteiger partial charge on any atom is -0.497 e. The lowest BCUT2D eigenvalue weighted by molar-refractivity contribution is -0.115. The van der Waals surface area contributed by atoms with Crippen LogP contribution in [-0.4, -0.2) is 35.4 Å².